The van der Waals surface area contributed by atoms with Crippen molar-refractivity contribution in [3.05, 3.63) is 92.4 Å². The third-order valence-electron chi connectivity index (χ3n) is 7.93. The first kappa shape index (κ1) is 33.8. The van der Waals surface area contributed by atoms with Gasteiger partial charge in [0.05, 0.1) is 6.10 Å². The highest BCUT2D eigenvalue weighted by atomic mass is 16.3. The molecule has 0 saturated carbocycles. The lowest BCUT2D eigenvalue weighted by Crippen LogP contribution is -2.41. The van der Waals surface area contributed by atoms with Crippen molar-refractivity contribution in [1.29, 1.82) is 0 Å². The zero-order valence-corrected chi connectivity index (χ0v) is 26.5. The molecule has 2 aromatic carbocycles. The molecule has 0 spiro atoms. The number of carbonyl (C=O) groups is 1. The number of aliphatic hydroxyl groups is 1. The standard InChI is InChI=1S/C34H47N7O4/c1-3-20-41-33(44)31-32(38-29(23-26-10-6-5-7-11-26)39(31)22-19-36-24-28(42)4-2)40(34(41)45)21-17-25-13-15-27(16-14-25)37-30(43)12-8-9-18-35/h5-7,10-11,13-16,28,36,42H,3-4,8-9,12,17-24,35H2,1-2H3,(H,37,43). The van der Waals surface area contributed by atoms with Gasteiger partial charge < -0.3 is 26.0 Å². The van der Waals surface area contributed by atoms with Crippen LogP contribution in [0.15, 0.2) is 64.2 Å². The van der Waals surface area contributed by atoms with Gasteiger partial charge in [-0.05, 0) is 61.9 Å². The highest BCUT2D eigenvalue weighted by Gasteiger charge is 2.22. The molecule has 0 aliphatic rings. The summed E-state index contributed by atoms with van der Waals surface area (Å²) in [5.74, 6) is 0.669. The number of nitrogens with one attached hydrogen (secondary N) is 2. The van der Waals surface area contributed by atoms with Crippen LogP contribution < -0.4 is 27.6 Å². The number of hydrogen-bond acceptors (Lipinski definition) is 7. The summed E-state index contributed by atoms with van der Waals surface area (Å²) < 4.78 is 4.88. The average molecular weight is 618 g/mol. The second-order valence-corrected chi connectivity index (χ2v) is 11.4. The Morgan fingerprint density at radius 2 is 1.69 bits per heavy atom. The molecule has 11 heteroatoms. The Morgan fingerprint density at radius 3 is 2.38 bits per heavy atom. The van der Waals surface area contributed by atoms with Gasteiger partial charge >= 0.3 is 5.69 Å². The first-order valence-electron chi connectivity index (χ1n) is 16.1. The highest BCUT2D eigenvalue weighted by molar-refractivity contribution is 5.90. The minimum atomic E-state index is -0.438. The number of benzene rings is 2. The van der Waals surface area contributed by atoms with Crippen molar-refractivity contribution in [3.8, 4) is 0 Å². The van der Waals surface area contributed by atoms with Crippen molar-refractivity contribution in [2.45, 2.75) is 84.5 Å². The summed E-state index contributed by atoms with van der Waals surface area (Å²) in [6.45, 7) is 6.56. The van der Waals surface area contributed by atoms with Crippen LogP contribution in [-0.2, 0) is 37.3 Å². The molecule has 45 heavy (non-hydrogen) atoms. The molecule has 11 nitrogen and oxygen atoms in total. The van der Waals surface area contributed by atoms with Gasteiger partial charge in [-0.25, -0.2) is 9.78 Å². The minimum Gasteiger partial charge on any atom is -0.392 e. The van der Waals surface area contributed by atoms with E-state index in [2.05, 4.69) is 10.6 Å². The second kappa shape index (κ2) is 16.9. The van der Waals surface area contributed by atoms with Crippen molar-refractivity contribution in [1.82, 2.24) is 24.0 Å². The van der Waals surface area contributed by atoms with Gasteiger partial charge in [0.25, 0.3) is 5.56 Å². The Balaban J connectivity index is 1.65. The largest absolute Gasteiger partial charge is 0.392 e. The Bertz CT molecular complexity index is 1640. The second-order valence-electron chi connectivity index (χ2n) is 11.4. The van der Waals surface area contributed by atoms with Gasteiger partial charge in [-0.1, -0.05) is 56.3 Å². The molecule has 1 amide bonds. The van der Waals surface area contributed by atoms with E-state index in [1.807, 2.05) is 73.0 Å². The number of imidazole rings is 1. The number of fused-ring (bicyclic) bond motifs is 1. The monoisotopic (exact) mass is 617 g/mol. The third-order valence-corrected chi connectivity index (χ3v) is 7.93. The smallest absolute Gasteiger partial charge is 0.332 e. The predicted molar refractivity (Wildman–Crippen MR) is 179 cm³/mol. The van der Waals surface area contributed by atoms with Crippen LogP contribution in [0.1, 0.15) is 62.9 Å². The fraction of sp³-hybridized carbons (Fsp3) is 0.471. The number of aromatic nitrogens is 4. The molecule has 0 aliphatic heterocycles. The summed E-state index contributed by atoms with van der Waals surface area (Å²) in [6, 6.07) is 17.6. The van der Waals surface area contributed by atoms with Crippen LogP contribution in [0.25, 0.3) is 11.2 Å². The van der Waals surface area contributed by atoms with Crippen LogP contribution in [0, 0.1) is 0 Å². The third kappa shape index (κ3) is 9.00. The molecule has 0 aliphatic carbocycles. The van der Waals surface area contributed by atoms with Crippen LogP contribution in [0.2, 0.25) is 0 Å². The lowest BCUT2D eigenvalue weighted by Gasteiger charge is -2.14. The normalized spacial score (nSPS) is 12.1. The average Bonchev–Trinajstić information content (AvgIpc) is 3.40. The molecule has 1 atom stereocenters. The van der Waals surface area contributed by atoms with Crippen LogP contribution in [-0.4, -0.2) is 55.4 Å². The van der Waals surface area contributed by atoms with E-state index in [4.69, 9.17) is 10.7 Å². The van der Waals surface area contributed by atoms with Crippen molar-refractivity contribution >= 4 is 22.8 Å². The highest BCUT2D eigenvalue weighted by Crippen LogP contribution is 2.17. The predicted octanol–water partition coefficient (Wildman–Crippen LogP) is 3.03. The number of nitrogens with two attached hydrogens (primary N) is 1. The summed E-state index contributed by atoms with van der Waals surface area (Å²) in [6.07, 6.45) is 3.91. The number of aliphatic hydroxyl groups excluding tert-OH is 1. The molecule has 2 aromatic heterocycles. The fourth-order valence-electron chi connectivity index (χ4n) is 5.37. The van der Waals surface area contributed by atoms with E-state index in [1.54, 1.807) is 4.57 Å². The Hall–Kier alpha value is -4.06. The fourth-order valence-corrected chi connectivity index (χ4v) is 5.37. The van der Waals surface area contributed by atoms with Gasteiger partial charge in [-0.2, -0.15) is 0 Å². The first-order chi connectivity index (χ1) is 21.9. The molecule has 5 N–H and O–H groups in total. The van der Waals surface area contributed by atoms with Crippen molar-refractivity contribution in [2.75, 3.05) is 25.0 Å². The summed E-state index contributed by atoms with van der Waals surface area (Å²) >= 11 is 0. The topological polar surface area (TPSA) is 149 Å². The van der Waals surface area contributed by atoms with Crippen molar-refractivity contribution < 1.29 is 9.90 Å². The Morgan fingerprint density at radius 1 is 0.933 bits per heavy atom. The molecular formula is C34H47N7O4. The van der Waals surface area contributed by atoms with Crippen molar-refractivity contribution in [3.63, 3.8) is 0 Å². The summed E-state index contributed by atoms with van der Waals surface area (Å²) in [5, 5.41) is 16.2. The van der Waals surface area contributed by atoms with Gasteiger partial charge in [0.2, 0.25) is 5.91 Å². The van der Waals surface area contributed by atoms with E-state index in [-0.39, 0.29) is 17.2 Å². The number of anilines is 1. The SMILES string of the molecule is CCCn1c(=O)c2c(nc(Cc3ccccc3)n2CCNCC(O)CC)n(CCc2ccc(NC(=O)CCCCN)cc2)c1=O. The van der Waals surface area contributed by atoms with Crippen LogP contribution >= 0.6 is 0 Å². The molecule has 242 valence electrons. The number of nitrogens with zero attached hydrogens (tertiary/aromatic N) is 4. The lowest BCUT2D eigenvalue weighted by atomic mass is 10.1. The number of carbonyl (C=O) groups excluding carboxylic acids is 1. The van der Waals surface area contributed by atoms with E-state index in [0.717, 1.165) is 29.7 Å². The van der Waals surface area contributed by atoms with E-state index >= 15 is 0 Å². The van der Waals surface area contributed by atoms with E-state index in [9.17, 15) is 19.5 Å². The molecule has 4 rings (SSSR count). The van der Waals surface area contributed by atoms with Gasteiger partial charge in [-0.3, -0.25) is 18.7 Å². The van der Waals surface area contributed by atoms with Crippen LogP contribution in [0.5, 0.6) is 0 Å². The zero-order valence-electron chi connectivity index (χ0n) is 26.5. The summed E-state index contributed by atoms with van der Waals surface area (Å²) in [7, 11) is 0. The minimum absolute atomic E-state index is 0.0399. The van der Waals surface area contributed by atoms with Gasteiger partial charge in [0, 0.05) is 51.3 Å². The van der Waals surface area contributed by atoms with Crippen LogP contribution in [0.3, 0.4) is 0 Å². The maximum Gasteiger partial charge on any atom is 0.332 e. The van der Waals surface area contributed by atoms with Gasteiger partial charge in [-0.15, -0.1) is 0 Å². The molecule has 2 heterocycles. The van der Waals surface area contributed by atoms with E-state index in [1.165, 1.54) is 4.57 Å². The van der Waals surface area contributed by atoms with Crippen molar-refractivity contribution in [2.24, 2.45) is 5.73 Å². The molecule has 4 aromatic rings. The Labute approximate surface area is 264 Å². The quantitative estimate of drug-likeness (QED) is 0.125. The number of aryl methyl sites for hydroxylation is 2. The van der Waals surface area contributed by atoms with E-state index < -0.39 is 6.10 Å². The lowest BCUT2D eigenvalue weighted by molar-refractivity contribution is -0.116. The Kier molecular flexibility index (Phi) is 12.7. The van der Waals surface area contributed by atoms with E-state index in [0.29, 0.717) is 88.4 Å². The number of rotatable bonds is 18. The summed E-state index contributed by atoms with van der Waals surface area (Å²) in [5.41, 5.74) is 8.39. The van der Waals surface area contributed by atoms with Crippen LogP contribution in [0.4, 0.5) is 5.69 Å². The van der Waals surface area contributed by atoms with Gasteiger partial charge in [0.1, 0.15) is 5.82 Å². The molecule has 0 saturated heterocycles. The molecule has 1 unspecified atom stereocenters. The summed E-state index contributed by atoms with van der Waals surface area (Å²) in [4.78, 5) is 44.7. The zero-order chi connectivity index (χ0) is 32.2. The molecule has 0 bridgehead atoms. The maximum absolute atomic E-state index is 13.8. The molecular weight excluding hydrogens is 570 g/mol. The molecule has 0 radical (unpaired) electrons. The number of unbranched alkanes of at least 4 members (excludes halogenated alkanes) is 1. The maximum atomic E-state index is 13.8. The molecule has 0 fully saturated rings. The number of amides is 1. The van der Waals surface area contributed by atoms with Gasteiger partial charge in [0.15, 0.2) is 11.2 Å². The number of hydrogen-bond donors (Lipinski definition) is 4. The first-order valence-corrected chi connectivity index (χ1v) is 16.1.